The molecule has 1 aliphatic heterocycles. The number of carbonyl (C=O) groups excluding carboxylic acids is 2. The Labute approximate surface area is 146 Å². The molecule has 1 saturated heterocycles. The van der Waals surface area contributed by atoms with Gasteiger partial charge in [-0.25, -0.2) is 0 Å². The molecule has 4 nitrogen and oxygen atoms in total. The Kier molecular flexibility index (Phi) is 4.58. The quantitative estimate of drug-likeness (QED) is 0.902. The molecule has 1 N–H and O–H groups in total. The topological polar surface area (TPSA) is 49.4 Å². The summed E-state index contributed by atoms with van der Waals surface area (Å²) >= 11 is 6.22. The van der Waals surface area contributed by atoms with Crippen molar-refractivity contribution < 1.29 is 9.59 Å². The van der Waals surface area contributed by atoms with E-state index in [9.17, 15) is 9.59 Å². The monoisotopic (exact) mass is 342 g/mol. The third-order valence-corrected chi connectivity index (χ3v) is 4.52. The Morgan fingerprint density at radius 2 is 1.96 bits per heavy atom. The van der Waals surface area contributed by atoms with Crippen molar-refractivity contribution in [2.45, 2.75) is 26.7 Å². The minimum Gasteiger partial charge on any atom is -0.322 e. The largest absolute Gasteiger partial charge is 0.322 e. The number of nitrogens with zero attached hydrogens (tertiary/aromatic N) is 1. The van der Waals surface area contributed by atoms with Crippen molar-refractivity contribution in [3.8, 4) is 0 Å². The Bertz CT molecular complexity index is 817. The standard InChI is InChI=1S/C19H19ClN2O2/c1-12-5-8-16(13(2)10-12)21-19(24)14-6-7-15(20)17(11-14)22-9-3-4-18(22)23/h5-8,10-11H,3-4,9H2,1-2H3,(H,21,24). The highest BCUT2D eigenvalue weighted by atomic mass is 35.5. The van der Waals surface area contributed by atoms with Gasteiger partial charge < -0.3 is 10.2 Å². The van der Waals surface area contributed by atoms with Crippen LogP contribution in [0.1, 0.15) is 34.3 Å². The molecule has 1 heterocycles. The van der Waals surface area contributed by atoms with E-state index in [0.717, 1.165) is 23.2 Å². The summed E-state index contributed by atoms with van der Waals surface area (Å²) in [7, 11) is 0. The highest BCUT2D eigenvalue weighted by Gasteiger charge is 2.24. The number of rotatable bonds is 3. The zero-order chi connectivity index (χ0) is 17.3. The fourth-order valence-corrected chi connectivity index (χ4v) is 3.13. The molecule has 0 aliphatic carbocycles. The van der Waals surface area contributed by atoms with Crippen LogP contribution in [-0.2, 0) is 4.79 Å². The Morgan fingerprint density at radius 3 is 2.62 bits per heavy atom. The summed E-state index contributed by atoms with van der Waals surface area (Å²) in [5, 5.41) is 3.40. The van der Waals surface area contributed by atoms with E-state index in [-0.39, 0.29) is 11.8 Å². The minimum absolute atomic E-state index is 0.0452. The Balaban J connectivity index is 1.86. The van der Waals surface area contributed by atoms with E-state index < -0.39 is 0 Å². The number of amides is 2. The first-order chi connectivity index (χ1) is 11.5. The van der Waals surface area contributed by atoms with E-state index in [2.05, 4.69) is 5.32 Å². The van der Waals surface area contributed by atoms with Crippen LogP contribution in [0.2, 0.25) is 5.02 Å². The first kappa shape index (κ1) is 16.5. The molecule has 1 aliphatic rings. The van der Waals surface area contributed by atoms with Gasteiger partial charge in [-0.2, -0.15) is 0 Å². The van der Waals surface area contributed by atoms with Crippen LogP contribution in [0, 0.1) is 13.8 Å². The summed E-state index contributed by atoms with van der Waals surface area (Å²) in [6.45, 7) is 4.61. The smallest absolute Gasteiger partial charge is 0.255 e. The number of benzene rings is 2. The molecule has 0 aromatic heterocycles. The Hall–Kier alpha value is -2.33. The SMILES string of the molecule is Cc1ccc(NC(=O)c2ccc(Cl)c(N3CCCC3=O)c2)c(C)c1. The maximum absolute atomic E-state index is 12.6. The zero-order valence-corrected chi connectivity index (χ0v) is 14.5. The summed E-state index contributed by atoms with van der Waals surface area (Å²) in [6.07, 6.45) is 1.34. The molecule has 2 aromatic rings. The molecule has 0 spiro atoms. The maximum Gasteiger partial charge on any atom is 0.255 e. The van der Waals surface area contributed by atoms with Crippen molar-refractivity contribution in [3.63, 3.8) is 0 Å². The van der Waals surface area contributed by atoms with Crippen molar-refractivity contribution in [3.05, 3.63) is 58.1 Å². The summed E-state index contributed by atoms with van der Waals surface area (Å²) in [5.41, 5.74) is 4.01. The summed E-state index contributed by atoms with van der Waals surface area (Å²) in [4.78, 5) is 26.1. The van der Waals surface area contributed by atoms with Crippen molar-refractivity contribution >= 4 is 34.8 Å². The highest BCUT2D eigenvalue weighted by molar-refractivity contribution is 6.34. The predicted octanol–water partition coefficient (Wildman–Crippen LogP) is 4.34. The molecule has 0 bridgehead atoms. The molecule has 0 unspecified atom stereocenters. The van der Waals surface area contributed by atoms with Crippen LogP contribution < -0.4 is 10.2 Å². The number of halogens is 1. The van der Waals surface area contributed by atoms with E-state index in [1.807, 2.05) is 32.0 Å². The van der Waals surface area contributed by atoms with Gasteiger partial charge >= 0.3 is 0 Å². The van der Waals surface area contributed by atoms with Crippen molar-refractivity contribution in [2.24, 2.45) is 0 Å². The lowest BCUT2D eigenvalue weighted by atomic mass is 10.1. The molecule has 0 saturated carbocycles. The maximum atomic E-state index is 12.6. The zero-order valence-electron chi connectivity index (χ0n) is 13.7. The molecule has 2 aromatic carbocycles. The molecule has 3 rings (SSSR count). The van der Waals surface area contributed by atoms with Gasteiger partial charge in [0, 0.05) is 24.2 Å². The van der Waals surface area contributed by atoms with Gasteiger partial charge in [0.15, 0.2) is 0 Å². The van der Waals surface area contributed by atoms with E-state index in [1.165, 1.54) is 0 Å². The molecular formula is C19H19ClN2O2. The van der Waals surface area contributed by atoms with Crippen LogP contribution in [0.15, 0.2) is 36.4 Å². The van der Waals surface area contributed by atoms with Gasteiger partial charge in [-0.15, -0.1) is 0 Å². The fourth-order valence-electron chi connectivity index (χ4n) is 2.91. The molecule has 1 fully saturated rings. The molecule has 124 valence electrons. The fraction of sp³-hybridized carbons (Fsp3) is 0.263. The third-order valence-electron chi connectivity index (χ3n) is 4.20. The average Bonchev–Trinajstić information content (AvgIpc) is 2.96. The van der Waals surface area contributed by atoms with Gasteiger partial charge in [0.2, 0.25) is 5.91 Å². The molecule has 24 heavy (non-hydrogen) atoms. The van der Waals surface area contributed by atoms with Gasteiger partial charge in [0.25, 0.3) is 5.91 Å². The second-order valence-electron chi connectivity index (χ2n) is 6.09. The first-order valence-corrected chi connectivity index (χ1v) is 8.32. The molecule has 0 atom stereocenters. The van der Waals surface area contributed by atoms with Gasteiger partial charge in [-0.1, -0.05) is 29.3 Å². The van der Waals surface area contributed by atoms with Crippen molar-refractivity contribution in [2.75, 3.05) is 16.8 Å². The summed E-state index contributed by atoms with van der Waals surface area (Å²) in [6, 6.07) is 10.9. The number of aryl methyl sites for hydroxylation is 2. The first-order valence-electron chi connectivity index (χ1n) is 7.94. The van der Waals surface area contributed by atoms with Gasteiger partial charge in [-0.05, 0) is 50.1 Å². The normalized spacial score (nSPS) is 14.1. The van der Waals surface area contributed by atoms with Gasteiger partial charge in [-0.3, -0.25) is 9.59 Å². The number of anilines is 2. The summed E-state index contributed by atoms with van der Waals surface area (Å²) < 4.78 is 0. The van der Waals surface area contributed by atoms with Gasteiger partial charge in [0.1, 0.15) is 0 Å². The second-order valence-corrected chi connectivity index (χ2v) is 6.49. The summed E-state index contributed by atoms with van der Waals surface area (Å²) in [5.74, 6) is -0.171. The number of hydrogen-bond acceptors (Lipinski definition) is 2. The second kappa shape index (κ2) is 6.65. The van der Waals surface area contributed by atoms with Crippen molar-refractivity contribution in [1.82, 2.24) is 0 Å². The average molecular weight is 343 g/mol. The van der Waals surface area contributed by atoms with Crippen LogP contribution in [0.4, 0.5) is 11.4 Å². The van der Waals surface area contributed by atoms with E-state index in [0.29, 0.717) is 29.2 Å². The lowest BCUT2D eigenvalue weighted by Gasteiger charge is -2.18. The van der Waals surface area contributed by atoms with E-state index >= 15 is 0 Å². The molecule has 0 radical (unpaired) electrons. The lowest BCUT2D eigenvalue weighted by Crippen LogP contribution is -2.24. The molecular weight excluding hydrogens is 324 g/mol. The van der Waals surface area contributed by atoms with Crippen LogP contribution >= 0.6 is 11.6 Å². The number of hydrogen-bond donors (Lipinski definition) is 1. The van der Waals surface area contributed by atoms with Crippen molar-refractivity contribution in [1.29, 1.82) is 0 Å². The van der Waals surface area contributed by atoms with Gasteiger partial charge in [0.05, 0.1) is 10.7 Å². The Morgan fingerprint density at radius 1 is 1.17 bits per heavy atom. The number of carbonyl (C=O) groups is 2. The highest BCUT2D eigenvalue weighted by Crippen LogP contribution is 2.30. The third kappa shape index (κ3) is 3.29. The van der Waals surface area contributed by atoms with Crippen LogP contribution in [-0.4, -0.2) is 18.4 Å². The minimum atomic E-state index is -0.216. The molecule has 5 heteroatoms. The predicted molar refractivity (Wildman–Crippen MR) is 96.9 cm³/mol. The number of nitrogens with one attached hydrogen (secondary N) is 1. The van der Waals surface area contributed by atoms with Crippen LogP contribution in [0.3, 0.4) is 0 Å². The van der Waals surface area contributed by atoms with Crippen LogP contribution in [0.5, 0.6) is 0 Å². The van der Waals surface area contributed by atoms with E-state index in [4.69, 9.17) is 11.6 Å². The molecule has 2 amide bonds. The van der Waals surface area contributed by atoms with Crippen LogP contribution in [0.25, 0.3) is 0 Å². The van der Waals surface area contributed by atoms with E-state index in [1.54, 1.807) is 23.1 Å². The lowest BCUT2D eigenvalue weighted by molar-refractivity contribution is -0.117.